The zero-order valence-electron chi connectivity index (χ0n) is 7.26. The molecule has 0 radical (unpaired) electrons. The molecule has 0 aliphatic rings. The van der Waals surface area contributed by atoms with Crippen LogP contribution in [0.4, 0.5) is 0 Å². The van der Waals surface area contributed by atoms with Crippen LogP contribution in [0.3, 0.4) is 0 Å². The Balaban J connectivity index is 3.01. The molecule has 1 aromatic heterocycles. The second kappa shape index (κ2) is 3.86. The first-order valence-electron chi connectivity index (χ1n) is 3.98. The lowest BCUT2D eigenvalue weighted by Crippen LogP contribution is -1.88. The van der Waals surface area contributed by atoms with Gasteiger partial charge in [0.05, 0.1) is 15.6 Å². The first kappa shape index (κ1) is 10.5. The lowest BCUT2D eigenvalue weighted by Gasteiger charge is -2.04. The second-order valence-corrected chi connectivity index (χ2v) is 3.98. The first-order chi connectivity index (χ1) is 7.15. The number of hydrogen-bond donors (Lipinski definition) is 0. The zero-order chi connectivity index (χ0) is 11.0. The highest BCUT2D eigenvalue weighted by Gasteiger charge is 2.13. The van der Waals surface area contributed by atoms with Crippen LogP contribution in [0.5, 0.6) is 0 Å². The van der Waals surface area contributed by atoms with Gasteiger partial charge >= 0.3 is 0 Å². The van der Waals surface area contributed by atoms with Gasteiger partial charge in [0.1, 0.15) is 16.8 Å². The van der Waals surface area contributed by atoms with Gasteiger partial charge in [0.15, 0.2) is 0 Å². The normalized spacial score (nSPS) is 10.3. The van der Waals surface area contributed by atoms with Gasteiger partial charge in [0.2, 0.25) is 0 Å². The van der Waals surface area contributed by atoms with E-state index in [1.165, 1.54) is 0 Å². The maximum absolute atomic E-state index is 8.85. The van der Waals surface area contributed by atoms with E-state index in [0.717, 1.165) is 0 Å². The number of benzene rings is 1. The van der Waals surface area contributed by atoms with Crippen LogP contribution >= 0.6 is 34.8 Å². The molecular formula is C10H3Cl3N2. The summed E-state index contributed by atoms with van der Waals surface area (Å²) in [5.74, 6) is 0. The lowest BCUT2D eigenvalue weighted by molar-refractivity contribution is 1.37. The molecule has 0 fully saturated rings. The number of nitriles is 1. The van der Waals surface area contributed by atoms with Crippen molar-refractivity contribution >= 4 is 45.7 Å². The fourth-order valence-electron chi connectivity index (χ4n) is 1.30. The monoisotopic (exact) mass is 256 g/mol. The van der Waals surface area contributed by atoms with Crippen LogP contribution in [0.2, 0.25) is 15.2 Å². The van der Waals surface area contributed by atoms with E-state index in [4.69, 9.17) is 40.1 Å². The summed E-state index contributed by atoms with van der Waals surface area (Å²) < 4.78 is 0. The second-order valence-electron chi connectivity index (χ2n) is 2.84. The minimum atomic E-state index is 0.0947. The van der Waals surface area contributed by atoms with Crippen LogP contribution in [-0.4, -0.2) is 4.98 Å². The van der Waals surface area contributed by atoms with E-state index >= 15 is 0 Å². The summed E-state index contributed by atoms with van der Waals surface area (Å²) in [5, 5.41) is 10.2. The highest BCUT2D eigenvalue weighted by atomic mass is 35.5. The Labute approximate surface area is 101 Å². The molecule has 0 saturated heterocycles. The molecule has 0 saturated carbocycles. The summed E-state index contributed by atoms with van der Waals surface area (Å²) in [6.07, 6.45) is 0. The molecule has 2 nitrogen and oxygen atoms in total. The molecule has 0 aliphatic heterocycles. The third kappa shape index (κ3) is 1.63. The minimum Gasteiger partial charge on any atom is -0.235 e. The van der Waals surface area contributed by atoms with Gasteiger partial charge in [-0.25, -0.2) is 4.98 Å². The van der Waals surface area contributed by atoms with Crippen molar-refractivity contribution in [2.45, 2.75) is 0 Å². The van der Waals surface area contributed by atoms with Gasteiger partial charge in [-0.1, -0.05) is 40.9 Å². The fourth-order valence-corrected chi connectivity index (χ4v) is 2.21. The molecule has 5 heteroatoms. The Morgan fingerprint density at radius 2 is 1.93 bits per heavy atom. The van der Waals surface area contributed by atoms with Gasteiger partial charge in [-0.15, -0.1) is 0 Å². The van der Waals surface area contributed by atoms with Crippen molar-refractivity contribution in [2.75, 3.05) is 0 Å². The topological polar surface area (TPSA) is 36.7 Å². The number of halogens is 3. The van der Waals surface area contributed by atoms with Crippen molar-refractivity contribution in [2.24, 2.45) is 0 Å². The Morgan fingerprint density at radius 1 is 1.20 bits per heavy atom. The predicted molar refractivity (Wildman–Crippen MR) is 61.5 cm³/mol. The van der Waals surface area contributed by atoms with Crippen molar-refractivity contribution < 1.29 is 0 Å². The average molecular weight is 258 g/mol. The number of nitrogens with zero attached hydrogens (tertiary/aromatic N) is 2. The summed E-state index contributed by atoms with van der Waals surface area (Å²) in [6, 6.07) is 7.07. The van der Waals surface area contributed by atoms with Crippen molar-refractivity contribution in [1.82, 2.24) is 4.98 Å². The molecule has 0 atom stereocenters. The van der Waals surface area contributed by atoms with Gasteiger partial charge in [-0.2, -0.15) is 5.26 Å². The SMILES string of the molecule is N#Cc1c(Cl)nc2cccc(Cl)c2c1Cl. The van der Waals surface area contributed by atoms with Gasteiger partial charge in [0, 0.05) is 5.39 Å². The van der Waals surface area contributed by atoms with Crippen LogP contribution in [0.1, 0.15) is 5.56 Å². The Morgan fingerprint density at radius 3 is 2.60 bits per heavy atom. The molecule has 2 aromatic rings. The third-order valence-corrected chi connectivity index (χ3v) is 2.93. The smallest absolute Gasteiger partial charge is 0.149 e. The van der Waals surface area contributed by atoms with Crippen LogP contribution in [0.15, 0.2) is 18.2 Å². The Bertz CT molecular complexity index is 587. The molecule has 0 amide bonds. The summed E-state index contributed by atoms with van der Waals surface area (Å²) in [7, 11) is 0. The van der Waals surface area contributed by atoms with Crippen molar-refractivity contribution in [3.8, 4) is 6.07 Å². The van der Waals surface area contributed by atoms with Gasteiger partial charge < -0.3 is 0 Å². The van der Waals surface area contributed by atoms with Crippen LogP contribution in [0, 0.1) is 11.3 Å². The molecule has 0 spiro atoms. The standard InChI is InChI=1S/C10H3Cl3N2/c11-6-2-1-3-7-8(6)9(12)5(4-14)10(13)15-7/h1-3H. The van der Waals surface area contributed by atoms with E-state index in [1.807, 2.05) is 6.07 Å². The molecular weight excluding hydrogens is 254 g/mol. The highest BCUT2D eigenvalue weighted by Crippen LogP contribution is 2.34. The van der Waals surface area contributed by atoms with E-state index in [2.05, 4.69) is 4.98 Å². The first-order valence-corrected chi connectivity index (χ1v) is 5.12. The number of fused-ring (bicyclic) bond motifs is 1. The molecule has 1 heterocycles. The summed E-state index contributed by atoms with van der Waals surface area (Å²) in [5.41, 5.74) is 0.732. The molecule has 0 unspecified atom stereocenters. The predicted octanol–water partition coefficient (Wildman–Crippen LogP) is 4.07. The highest BCUT2D eigenvalue weighted by molar-refractivity contribution is 6.44. The quantitative estimate of drug-likeness (QED) is 0.667. The molecule has 0 aliphatic carbocycles. The molecule has 15 heavy (non-hydrogen) atoms. The van der Waals surface area contributed by atoms with Crippen LogP contribution in [0.25, 0.3) is 10.9 Å². The van der Waals surface area contributed by atoms with E-state index in [1.54, 1.807) is 18.2 Å². The Hall–Kier alpha value is -1.01. The molecule has 0 N–H and O–H groups in total. The zero-order valence-corrected chi connectivity index (χ0v) is 9.53. The molecule has 0 bridgehead atoms. The van der Waals surface area contributed by atoms with E-state index in [0.29, 0.717) is 15.9 Å². The lowest BCUT2D eigenvalue weighted by atomic mass is 10.1. The maximum Gasteiger partial charge on any atom is 0.149 e. The minimum absolute atomic E-state index is 0.0947. The van der Waals surface area contributed by atoms with Crippen molar-refractivity contribution in [3.05, 3.63) is 39.0 Å². The summed E-state index contributed by atoms with van der Waals surface area (Å²) in [6.45, 7) is 0. The molecule has 2 rings (SSSR count). The van der Waals surface area contributed by atoms with Gasteiger partial charge in [-0.05, 0) is 12.1 Å². The number of hydrogen-bond acceptors (Lipinski definition) is 2. The number of aromatic nitrogens is 1. The van der Waals surface area contributed by atoms with Crippen molar-refractivity contribution in [1.29, 1.82) is 5.26 Å². The maximum atomic E-state index is 8.85. The number of rotatable bonds is 0. The van der Waals surface area contributed by atoms with Gasteiger partial charge in [-0.3, -0.25) is 0 Å². The van der Waals surface area contributed by atoms with E-state index < -0.39 is 0 Å². The summed E-state index contributed by atoms with van der Waals surface area (Å²) in [4.78, 5) is 4.04. The largest absolute Gasteiger partial charge is 0.235 e. The van der Waals surface area contributed by atoms with Crippen molar-refractivity contribution in [3.63, 3.8) is 0 Å². The van der Waals surface area contributed by atoms with Crippen LogP contribution < -0.4 is 0 Å². The average Bonchev–Trinajstić information content (AvgIpc) is 2.17. The molecule has 74 valence electrons. The van der Waals surface area contributed by atoms with Gasteiger partial charge in [0.25, 0.3) is 0 Å². The van der Waals surface area contributed by atoms with E-state index in [9.17, 15) is 0 Å². The molecule has 1 aromatic carbocycles. The fraction of sp³-hybridized carbons (Fsp3) is 0. The Kier molecular flexibility index (Phi) is 2.70. The number of pyridine rings is 1. The summed E-state index contributed by atoms with van der Waals surface area (Å²) >= 11 is 17.8. The third-order valence-electron chi connectivity index (χ3n) is 1.97. The van der Waals surface area contributed by atoms with E-state index in [-0.39, 0.29) is 15.7 Å². The van der Waals surface area contributed by atoms with Crippen LogP contribution in [-0.2, 0) is 0 Å².